The molecule has 106 valence electrons. The Balaban J connectivity index is 2.20. The van der Waals surface area contributed by atoms with Gasteiger partial charge in [0.15, 0.2) is 11.6 Å². The summed E-state index contributed by atoms with van der Waals surface area (Å²) in [6.07, 6.45) is 0. The van der Waals surface area contributed by atoms with Crippen LogP contribution in [-0.4, -0.2) is 19.9 Å². The molecule has 0 fully saturated rings. The highest BCUT2D eigenvalue weighted by Gasteiger charge is 2.15. The highest BCUT2D eigenvalue weighted by Crippen LogP contribution is 2.26. The topological polar surface area (TPSA) is 50.9 Å². The van der Waals surface area contributed by atoms with Crippen molar-refractivity contribution in [3.63, 3.8) is 0 Å². The first kappa shape index (κ1) is 13.9. The molecule has 6 heteroatoms. The van der Waals surface area contributed by atoms with Crippen LogP contribution in [0.3, 0.4) is 0 Å². The van der Waals surface area contributed by atoms with Gasteiger partial charge in [-0.2, -0.15) is 0 Å². The van der Waals surface area contributed by atoms with Crippen LogP contribution in [0.25, 0.3) is 17.1 Å². The lowest BCUT2D eigenvalue weighted by molar-refractivity contribution is 0.269. The third kappa shape index (κ3) is 2.59. The number of para-hydroxylation sites is 1. The molecule has 0 radical (unpaired) electrons. The van der Waals surface area contributed by atoms with Gasteiger partial charge in [0, 0.05) is 11.3 Å². The minimum absolute atomic E-state index is 0.232. The molecule has 4 nitrogen and oxygen atoms in total. The summed E-state index contributed by atoms with van der Waals surface area (Å²) in [4.78, 5) is 0. The predicted octanol–water partition coefficient (Wildman–Crippen LogP) is 3.33. The second-order valence-corrected chi connectivity index (χ2v) is 5.25. The smallest absolute Gasteiger partial charge is 0.168 e. The van der Waals surface area contributed by atoms with Gasteiger partial charge in [-0.05, 0) is 46.3 Å². The van der Waals surface area contributed by atoms with Gasteiger partial charge in [-0.3, -0.25) is 4.57 Å². The lowest BCUT2D eigenvalue weighted by Gasteiger charge is -2.09. The van der Waals surface area contributed by atoms with Gasteiger partial charge in [0.1, 0.15) is 12.4 Å². The average molecular weight is 348 g/mol. The van der Waals surface area contributed by atoms with Gasteiger partial charge in [0.05, 0.1) is 4.47 Å². The first-order valence-corrected chi connectivity index (χ1v) is 7.06. The highest BCUT2D eigenvalue weighted by atomic mass is 79.9. The van der Waals surface area contributed by atoms with E-state index in [1.165, 1.54) is 6.07 Å². The Morgan fingerprint density at radius 2 is 1.86 bits per heavy atom. The second-order valence-electron chi connectivity index (χ2n) is 4.40. The minimum atomic E-state index is -0.341. The molecule has 0 aliphatic carbocycles. The molecule has 0 saturated carbocycles. The van der Waals surface area contributed by atoms with Crippen molar-refractivity contribution in [2.45, 2.75) is 6.61 Å². The van der Waals surface area contributed by atoms with Gasteiger partial charge in [-0.1, -0.05) is 18.2 Å². The molecule has 0 amide bonds. The van der Waals surface area contributed by atoms with E-state index < -0.39 is 0 Å². The van der Waals surface area contributed by atoms with Crippen molar-refractivity contribution in [1.82, 2.24) is 14.8 Å². The van der Waals surface area contributed by atoms with E-state index in [9.17, 15) is 9.50 Å². The predicted molar refractivity (Wildman–Crippen MR) is 80.4 cm³/mol. The minimum Gasteiger partial charge on any atom is -0.388 e. The number of hydrogen-bond acceptors (Lipinski definition) is 3. The second kappa shape index (κ2) is 5.75. The Bertz CT molecular complexity index is 774. The molecule has 0 spiro atoms. The molecule has 0 bridgehead atoms. The van der Waals surface area contributed by atoms with Crippen LogP contribution < -0.4 is 0 Å². The summed E-state index contributed by atoms with van der Waals surface area (Å²) >= 11 is 3.17. The van der Waals surface area contributed by atoms with Crippen molar-refractivity contribution in [1.29, 1.82) is 0 Å². The SMILES string of the molecule is OCc1nnc(-c2ccc(F)c(Br)c2)n1-c1ccccc1. The average Bonchev–Trinajstić information content (AvgIpc) is 2.95. The molecule has 0 atom stereocenters. The van der Waals surface area contributed by atoms with Crippen LogP contribution in [0.4, 0.5) is 4.39 Å². The van der Waals surface area contributed by atoms with Crippen LogP contribution in [0.15, 0.2) is 53.0 Å². The number of rotatable bonds is 3. The Kier molecular flexibility index (Phi) is 3.81. The van der Waals surface area contributed by atoms with E-state index in [-0.39, 0.29) is 12.4 Å². The fraction of sp³-hybridized carbons (Fsp3) is 0.0667. The molecule has 3 aromatic rings. The Labute approximate surface area is 129 Å². The molecular formula is C15H11BrFN3O. The Morgan fingerprint density at radius 1 is 1.10 bits per heavy atom. The molecule has 1 N–H and O–H groups in total. The number of halogens is 2. The zero-order valence-electron chi connectivity index (χ0n) is 10.9. The van der Waals surface area contributed by atoms with Crippen LogP contribution in [0.2, 0.25) is 0 Å². The number of aliphatic hydroxyl groups is 1. The van der Waals surface area contributed by atoms with E-state index >= 15 is 0 Å². The van der Waals surface area contributed by atoms with Gasteiger partial charge in [-0.25, -0.2) is 4.39 Å². The summed E-state index contributed by atoms with van der Waals surface area (Å²) < 4.78 is 15.5. The maximum atomic E-state index is 13.4. The zero-order valence-corrected chi connectivity index (χ0v) is 12.5. The Hall–Kier alpha value is -2.05. The van der Waals surface area contributed by atoms with Crippen LogP contribution in [0.5, 0.6) is 0 Å². The third-order valence-corrected chi connectivity index (χ3v) is 3.67. The zero-order chi connectivity index (χ0) is 14.8. The summed E-state index contributed by atoms with van der Waals surface area (Å²) in [7, 11) is 0. The number of aromatic nitrogens is 3. The first-order chi connectivity index (χ1) is 10.2. The van der Waals surface area contributed by atoms with Crippen molar-refractivity contribution in [3.05, 3.63) is 64.6 Å². The summed E-state index contributed by atoms with van der Waals surface area (Å²) in [6, 6.07) is 14.1. The summed E-state index contributed by atoms with van der Waals surface area (Å²) in [5.41, 5.74) is 1.54. The first-order valence-electron chi connectivity index (χ1n) is 6.26. The number of aliphatic hydroxyl groups excluding tert-OH is 1. The molecule has 0 aliphatic heterocycles. The maximum absolute atomic E-state index is 13.4. The largest absolute Gasteiger partial charge is 0.388 e. The normalized spacial score (nSPS) is 10.8. The van der Waals surface area contributed by atoms with Crippen LogP contribution in [0, 0.1) is 5.82 Å². The van der Waals surface area contributed by atoms with E-state index in [0.717, 1.165) is 5.69 Å². The van der Waals surface area contributed by atoms with Crippen LogP contribution >= 0.6 is 15.9 Å². The molecule has 0 unspecified atom stereocenters. The maximum Gasteiger partial charge on any atom is 0.168 e. The molecule has 0 aliphatic rings. The molecule has 1 aromatic heterocycles. The standard InChI is InChI=1S/C15H11BrFN3O/c16-12-8-10(6-7-13(12)17)15-19-18-14(9-21)20(15)11-4-2-1-3-5-11/h1-8,21H,9H2. The van der Waals surface area contributed by atoms with E-state index in [0.29, 0.717) is 21.7 Å². The quantitative estimate of drug-likeness (QED) is 0.790. The van der Waals surface area contributed by atoms with Gasteiger partial charge in [0.2, 0.25) is 0 Å². The summed E-state index contributed by atoms with van der Waals surface area (Å²) in [5, 5.41) is 17.6. The van der Waals surface area contributed by atoms with Crippen molar-refractivity contribution in [3.8, 4) is 17.1 Å². The highest BCUT2D eigenvalue weighted by molar-refractivity contribution is 9.10. The van der Waals surface area contributed by atoms with E-state index in [4.69, 9.17) is 0 Å². The van der Waals surface area contributed by atoms with Crippen molar-refractivity contribution in [2.75, 3.05) is 0 Å². The van der Waals surface area contributed by atoms with E-state index in [1.807, 2.05) is 30.3 Å². The fourth-order valence-corrected chi connectivity index (χ4v) is 2.47. The van der Waals surface area contributed by atoms with Gasteiger partial charge >= 0.3 is 0 Å². The molecular weight excluding hydrogens is 337 g/mol. The molecule has 3 rings (SSSR count). The molecule has 1 heterocycles. The van der Waals surface area contributed by atoms with Crippen LogP contribution in [-0.2, 0) is 6.61 Å². The number of benzene rings is 2. The van der Waals surface area contributed by atoms with Crippen LogP contribution in [0.1, 0.15) is 5.82 Å². The lowest BCUT2D eigenvalue weighted by atomic mass is 10.2. The molecule has 2 aromatic carbocycles. The fourth-order valence-electron chi connectivity index (χ4n) is 2.09. The van der Waals surface area contributed by atoms with E-state index in [1.54, 1.807) is 16.7 Å². The van der Waals surface area contributed by atoms with Gasteiger partial charge in [0.25, 0.3) is 0 Å². The van der Waals surface area contributed by atoms with Gasteiger partial charge in [-0.15, -0.1) is 10.2 Å². The Morgan fingerprint density at radius 3 is 2.52 bits per heavy atom. The van der Waals surface area contributed by atoms with Crippen molar-refractivity contribution in [2.24, 2.45) is 0 Å². The van der Waals surface area contributed by atoms with Crippen molar-refractivity contribution >= 4 is 15.9 Å². The van der Waals surface area contributed by atoms with E-state index in [2.05, 4.69) is 26.1 Å². The summed E-state index contributed by atoms with van der Waals surface area (Å²) in [6.45, 7) is -0.232. The third-order valence-electron chi connectivity index (χ3n) is 3.06. The molecule has 21 heavy (non-hydrogen) atoms. The van der Waals surface area contributed by atoms with Gasteiger partial charge < -0.3 is 5.11 Å². The number of nitrogens with zero attached hydrogens (tertiary/aromatic N) is 3. The molecule has 0 saturated heterocycles. The monoisotopic (exact) mass is 347 g/mol. The van der Waals surface area contributed by atoms with Crippen molar-refractivity contribution < 1.29 is 9.50 Å². The lowest BCUT2D eigenvalue weighted by Crippen LogP contribution is -2.03. The number of hydrogen-bond donors (Lipinski definition) is 1. The summed E-state index contributed by atoms with van der Waals surface area (Å²) in [5.74, 6) is 0.634.